The molecule has 1 aliphatic carbocycles. The van der Waals surface area contributed by atoms with Crippen LogP contribution in [0.5, 0.6) is 0 Å². The SMILES string of the molecule is CN(C)c1nc(N[C@H]2CC[C@@H](NCc3cc(Cl)cc(Cl)c3)C2)c2ccccc2n1.O=C(O)C(F)(F)F.O=C(O)C(F)(F)F. The first kappa shape index (κ1) is 35.6. The Morgan fingerprint density at radius 2 is 1.42 bits per heavy atom. The van der Waals surface area contributed by atoms with Gasteiger partial charge in [0.05, 0.1) is 5.52 Å². The molecule has 4 N–H and O–H groups in total. The first-order chi connectivity index (χ1) is 19.9. The van der Waals surface area contributed by atoms with Crippen LogP contribution in [-0.2, 0) is 16.1 Å². The van der Waals surface area contributed by atoms with E-state index in [9.17, 15) is 26.3 Å². The third-order valence-electron chi connectivity index (χ3n) is 5.77. The number of nitrogens with zero attached hydrogens (tertiary/aromatic N) is 3. The number of aliphatic carboxylic acids is 2. The molecule has 0 radical (unpaired) electrons. The molecule has 2 aromatic carbocycles. The lowest BCUT2D eigenvalue weighted by molar-refractivity contribution is -0.193. The van der Waals surface area contributed by atoms with Crippen LogP contribution in [0.3, 0.4) is 0 Å². The number of carboxylic acids is 2. The highest BCUT2D eigenvalue weighted by Gasteiger charge is 2.38. The monoisotopic (exact) mass is 657 g/mol. The molecule has 0 bridgehead atoms. The van der Waals surface area contributed by atoms with Gasteiger partial charge in [-0.3, -0.25) is 0 Å². The average molecular weight is 658 g/mol. The van der Waals surface area contributed by atoms with E-state index in [1.165, 1.54) is 0 Å². The van der Waals surface area contributed by atoms with Gasteiger partial charge in [-0.15, -0.1) is 0 Å². The Morgan fingerprint density at radius 3 is 1.93 bits per heavy atom. The van der Waals surface area contributed by atoms with Crippen molar-refractivity contribution in [1.29, 1.82) is 0 Å². The Bertz CT molecular complexity index is 1360. The summed E-state index contributed by atoms with van der Waals surface area (Å²) < 4.78 is 63.5. The van der Waals surface area contributed by atoms with Crippen molar-refractivity contribution >= 4 is 57.8 Å². The minimum atomic E-state index is -5.08. The molecule has 236 valence electrons. The zero-order chi connectivity index (χ0) is 32.5. The summed E-state index contributed by atoms with van der Waals surface area (Å²) in [7, 11) is 3.93. The Morgan fingerprint density at radius 1 is 0.907 bits per heavy atom. The second-order valence-electron chi connectivity index (χ2n) is 9.40. The number of hydrogen-bond acceptors (Lipinski definition) is 7. The number of halogens is 8. The number of alkyl halides is 6. The molecule has 0 spiro atoms. The molecule has 1 fully saturated rings. The zero-order valence-electron chi connectivity index (χ0n) is 22.6. The van der Waals surface area contributed by atoms with Crippen molar-refractivity contribution in [2.24, 2.45) is 0 Å². The van der Waals surface area contributed by atoms with Crippen LogP contribution in [0.15, 0.2) is 42.5 Å². The van der Waals surface area contributed by atoms with E-state index in [1.54, 1.807) is 6.07 Å². The lowest BCUT2D eigenvalue weighted by Crippen LogP contribution is -2.28. The summed E-state index contributed by atoms with van der Waals surface area (Å²) in [6, 6.07) is 14.7. The Hall–Kier alpha value is -3.56. The molecule has 43 heavy (non-hydrogen) atoms. The van der Waals surface area contributed by atoms with Crippen LogP contribution in [0.2, 0.25) is 10.0 Å². The van der Waals surface area contributed by atoms with Crippen molar-refractivity contribution in [1.82, 2.24) is 15.3 Å². The number of anilines is 2. The minimum absolute atomic E-state index is 0.378. The first-order valence-electron chi connectivity index (χ1n) is 12.4. The van der Waals surface area contributed by atoms with E-state index >= 15 is 0 Å². The van der Waals surface area contributed by atoms with Crippen LogP contribution in [0, 0.1) is 0 Å². The largest absolute Gasteiger partial charge is 0.490 e. The van der Waals surface area contributed by atoms with Crippen molar-refractivity contribution in [3.63, 3.8) is 0 Å². The van der Waals surface area contributed by atoms with Crippen LogP contribution in [-0.4, -0.2) is 70.7 Å². The van der Waals surface area contributed by atoms with Gasteiger partial charge in [0.15, 0.2) is 0 Å². The van der Waals surface area contributed by atoms with Gasteiger partial charge in [-0.2, -0.15) is 31.3 Å². The van der Waals surface area contributed by atoms with Crippen molar-refractivity contribution < 1.29 is 46.1 Å². The lowest BCUT2D eigenvalue weighted by Gasteiger charge is -2.18. The number of carbonyl (C=O) groups is 2. The third kappa shape index (κ3) is 11.9. The molecule has 1 aliphatic rings. The molecule has 0 amide bonds. The highest BCUT2D eigenvalue weighted by molar-refractivity contribution is 6.34. The second kappa shape index (κ2) is 15.3. The lowest BCUT2D eigenvalue weighted by atomic mass is 10.2. The summed E-state index contributed by atoms with van der Waals surface area (Å²) in [4.78, 5) is 29.1. The molecule has 17 heteroatoms. The van der Waals surface area contributed by atoms with E-state index in [4.69, 9.17) is 48.0 Å². The van der Waals surface area contributed by atoms with Gasteiger partial charge in [-0.25, -0.2) is 14.6 Å². The van der Waals surface area contributed by atoms with E-state index in [1.807, 2.05) is 49.3 Å². The van der Waals surface area contributed by atoms with E-state index in [0.717, 1.165) is 54.0 Å². The van der Waals surface area contributed by atoms with Crippen LogP contribution in [0.4, 0.5) is 38.1 Å². The quantitative estimate of drug-likeness (QED) is 0.223. The number of rotatable bonds is 6. The summed E-state index contributed by atoms with van der Waals surface area (Å²) >= 11 is 12.2. The second-order valence-corrected chi connectivity index (χ2v) is 10.3. The van der Waals surface area contributed by atoms with Crippen molar-refractivity contribution in [3.05, 3.63) is 58.1 Å². The highest BCUT2D eigenvalue weighted by Crippen LogP contribution is 2.28. The molecule has 2 atom stereocenters. The fraction of sp³-hybridized carbons (Fsp3) is 0.385. The number of para-hydroxylation sites is 1. The molecule has 1 saturated carbocycles. The van der Waals surface area contributed by atoms with Crippen molar-refractivity contribution in [3.8, 4) is 0 Å². The summed E-state index contributed by atoms with van der Waals surface area (Å²) in [6.45, 7) is 0.763. The number of carboxylic acid groups (broad SMARTS) is 2. The average Bonchev–Trinajstić information content (AvgIpc) is 3.33. The summed E-state index contributed by atoms with van der Waals surface area (Å²) in [5, 5.41) is 24.0. The molecule has 9 nitrogen and oxygen atoms in total. The van der Waals surface area contributed by atoms with Gasteiger partial charge in [0.1, 0.15) is 5.82 Å². The summed E-state index contributed by atoms with van der Waals surface area (Å²) in [6.07, 6.45) is -6.90. The predicted octanol–water partition coefficient (Wildman–Crippen LogP) is 6.39. The van der Waals surface area contributed by atoms with E-state index in [0.29, 0.717) is 22.1 Å². The molecule has 0 aliphatic heterocycles. The van der Waals surface area contributed by atoms with E-state index in [2.05, 4.69) is 21.7 Å². The van der Waals surface area contributed by atoms with E-state index in [-0.39, 0.29) is 0 Å². The standard InChI is InChI=1S/C22H25Cl2N5.2C2HF3O2/c1-29(2)22-27-20-6-4-3-5-19(20)21(28-22)26-18-8-7-17(12-18)25-13-14-9-15(23)11-16(24)10-14;2*3-2(4,5)1(6)7/h3-6,9-11,17-18,25H,7-8,12-13H2,1-2H3,(H,26,27,28);2*(H,6,7)/t17-,18+;;/m1../s1. The number of hydrogen-bond donors (Lipinski definition) is 4. The van der Waals surface area contributed by atoms with Gasteiger partial charge in [-0.05, 0) is 55.2 Å². The smallest absolute Gasteiger partial charge is 0.475 e. The number of fused-ring (bicyclic) bond motifs is 1. The highest BCUT2D eigenvalue weighted by atomic mass is 35.5. The Balaban J connectivity index is 0.000000384. The molecule has 1 aromatic heterocycles. The number of nitrogens with one attached hydrogen (secondary N) is 2. The molecule has 1 heterocycles. The fourth-order valence-electron chi connectivity index (χ4n) is 3.84. The minimum Gasteiger partial charge on any atom is -0.475 e. The van der Waals surface area contributed by atoms with E-state index < -0.39 is 24.3 Å². The molecular weight excluding hydrogens is 631 g/mol. The van der Waals surface area contributed by atoms with Gasteiger partial charge in [0.25, 0.3) is 0 Å². The maximum atomic E-state index is 10.6. The first-order valence-corrected chi connectivity index (χ1v) is 13.1. The van der Waals surface area contributed by atoms with Crippen LogP contribution in [0.1, 0.15) is 24.8 Å². The Labute approximate surface area is 251 Å². The maximum absolute atomic E-state index is 10.6. The normalized spacial score (nSPS) is 16.4. The van der Waals surface area contributed by atoms with Crippen molar-refractivity contribution in [2.45, 2.75) is 50.2 Å². The zero-order valence-corrected chi connectivity index (χ0v) is 24.1. The maximum Gasteiger partial charge on any atom is 0.490 e. The third-order valence-corrected chi connectivity index (χ3v) is 6.20. The van der Waals surface area contributed by atoms with Gasteiger partial charge in [0.2, 0.25) is 5.95 Å². The van der Waals surface area contributed by atoms with Crippen LogP contribution < -0.4 is 15.5 Å². The predicted molar refractivity (Wildman–Crippen MR) is 150 cm³/mol. The van der Waals surface area contributed by atoms with Gasteiger partial charge in [0, 0.05) is 48.2 Å². The van der Waals surface area contributed by atoms with Crippen molar-refractivity contribution in [2.75, 3.05) is 24.3 Å². The Kier molecular flexibility index (Phi) is 12.6. The topological polar surface area (TPSA) is 128 Å². The fourth-order valence-corrected chi connectivity index (χ4v) is 4.41. The number of aromatic nitrogens is 2. The molecule has 4 rings (SSSR count). The van der Waals surface area contributed by atoms with Gasteiger partial charge < -0.3 is 25.7 Å². The summed E-state index contributed by atoms with van der Waals surface area (Å²) in [5.74, 6) is -3.89. The van der Waals surface area contributed by atoms with Gasteiger partial charge in [-0.1, -0.05) is 35.3 Å². The van der Waals surface area contributed by atoms with Gasteiger partial charge >= 0.3 is 24.3 Å². The van der Waals surface area contributed by atoms with Crippen LogP contribution >= 0.6 is 23.2 Å². The molecule has 0 saturated heterocycles. The van der Waals surface area contributed by atoms with Crippen LogP contribution in [0.25, 0.3) is 10.9 Å². The summed E-state index contributed by atoms with van der Waals surface area (Å²) in [5.41, 5.74) is 2.07. The molecular formula is C26H27Cl2F6N5O4. The molecule has 3 aromatic rings. The number of benzene rings is 2. The molecule has 0 unspecified atom stereocenters.